The first-order chi connectivity index (χ1) is 9.47. The molecule has 106 valence electrons. The molecule has 1 unspecified atom stereocenters. The fourth-order valence-electron chi connectivity index (χ4n) is 1.39. The smallest absolute Gasteiger partial charge is 0.326 e. The van der Waals surface area contributed by atoms with Gasteiger partial charge in [0, 0.05) is 17.5 Å². The van der Waals surface area contributed by atoms with E-state index in [-0.39, 0.29) is 13.0 Å². The number of aliphatic hydroxyl groups excluding tert-OH is 1. The molecule has 0 fully saturated rings. The van der Waals surface area contributed by atoms with E-state index in [0.29, 0.717) is 15.7 Å². The number of anilines is 1. The second-order valence-corrected chi connectivity index (χ2v) is 4.66. The molecule has 0 aromatic heterocycles. The molecule has 1 rings (SSSR count). The molecule has 20 heavy (non-hydrogen) atoms. The molecule has 0 heterocycles. The van der Waals surface area contributed by atoms with Gasteiger partial charge in [-0.3, -0.25) is 0 Å². The van der Waals surface area contributed by atoms with Gasteiger partial charge in [-0.25, -0.2) is 9.59 Å². The molecule has 0 spiro atoms. The summed E-state index contributed by atoms with van der Waals surface area (Å²) in [5.41, 5.74) is 0.821. The van der Waals surface area contributed by atoms with Crippen LogP contribution in [-0.4, -0.2) is 34.9 Å². The summed E-state index contributed by atoms with van der Waals surface area (Å²) in [5, 5.41) is 31.0. The Morgan fingerprint density at radius 1 is 1.45 bits per heavy atom. The van der Waals surface area contributed by atoms with Crippen LogP contribution in [0.4, 0.5) is 10.5 Å². The number of nitriles is 1. The second-order valence-electron chi connectivity index (χ2n) is 3.81. The zero-order valence-corrected chi connectivity index (χ0v) is 11.8. The summed E-state index contributed by atoms with van der Waals surface area (Å²) in [7, 11) is 0. The highest BCUT2D eigenvalue weighted by Gasteiger charge is 2.19. The molecular formula is C12H12BrN3O4. The van der Waals surface area contributed by atoms with Gasteiger partial charge in [-0.1, -0.05) is 0 Å². The number of carbonyl (C=O) groups is 2. The lowest BCUT2D eigenvalue weighted by Crippen LogP contribution is -2.43. The molecule has 0 bridgehead atoms. The molecule has 0 aliphatic rings. The van der Waals surface area contributed by atoms with E-state index in [1.54, 1.807) is 0 Å². The van der Waals surface area contributed by atoms with Gasteiger partial charge in [0.1, 0.15) is 6.04 Å². The van der Waals surface area contributed by atoms with Crippen molar-refractivity contribution in [2.24, 2.45) is 0 Å². The zero-order chi connectivity index (χ0) is 15.1. The number of rotatable bonds is 5. The lowest BCUT2D eigenvalue weighted by Gasteiger charge is -2.14. The molecule has 0 saturated carbocycles. The number of halogens is 1. The molecular weight excluding hydrogens is 330 g/mol. The number of carboxylic acid groups (broad SMARTS) is 1. The number of amides is 2. The third-order valence-electron chi connectivity index (χ3n) is 2.37. The van der Waals surface area contributed by atoms with E-state index in [1.807, 2.05) is 6.07 Å². The number of urea groups is 1. The van der Waals surface area contributed by atoms with Crippen LogP contribution in [0.2, 0.25) is 0 Å². The van der Waals surface area contributed by atoms with Crippen molar-refractivity contribution in [3.05, 3.63) is 28.2 Å². The maximum Gasteiger partial charge on any atom is 0.326 e. The van der Waals surface area contributed by atoms with Crippen molar-refractivity contribution in [1.82, 2.24) is 5.32 Å². The Morgan fingerprint density at radius 3 is 2.65 bits per heavy atom. The number of aliphatic hydroxyl groups is 1. The van der Waals surface area contributed by atoms with Crippen molar-refractivity contribution in [2.75, 3.05) is 11.9 Å². The highest BCUT2D eigenvalue weighted by atomic mass is 79.9. The normalized spacial score (nSPS) is 11.2. The topological polar surface area (TPSA) is 122 Å². The molecule has 1 atom stereocenters. The summed E-state index contributed by atoms with van der Waals surface area (Å²) in [6.45, 7) is -0.349. The summed E-state index contributed by atoms with van der Waals surface area (Å²) in [5.74, 6) is -1.23. The van der Waals surface area contributed by atoms with Gasteiger partial charge in [0.15, 0.2) is 0 Å². The lowest BCUT2D eigenvalue weighted by molar-refractivity contribution is -0.139. The average Bonchev–Trinajstić information content (AvgIpc) is 2.40. The van der Waals surface area contributed by atoms with Crippen molar-refractivity contribution in [2.45, 2.75) is 12.5 Å². The van der Waals surface area contributed by atoms with E-state index in [2.05, 4.69) is 26.6 Å². The van der Waals surface area contributed by atoms with Crippen LogP contribution in [0.5, 0.6) is 0 Å². The summed E-state index contributed by atoms with van der Waals surface area (Å²) in [4.78, 5) is 22.5. The zero-order valence-electron chi connectivity index (χ0n) is 10.3. The Balaban J connectivity index is 2.71. The molecule has 2 amide bonds. The minimum atomic E-state index is -1.23. The minimum Gasteiger partial charge on any atom is -0.480 e. The van der Waals surface area contributed by atoms with Crippen LogP contribution in [0.15, 0.2) is 22.7 Å². The fraction of sp³-hybridized carbons (Fsp3) is 0.250. The van der Waals surface area contributed by atoms with Gasteiger partial charge in [-0.2, -0.15) is 5.26 Å². The van der Waals surface area contributed by atoms with Gasteiger partial charge >= 0.3 is 12.0 Å². The highest BCUT2D eigenvalue weighted by molar-refractivity contribution is 9.10. The molecule has 8 heteroatoms. The number of hydrogen-bond acceptors (Lipinski definition) is 4. The fourth-order valence-corrected chi connectivity index (χ4v) is 1.87. The van der Waals surface area contributed by atoms with Crippen LogP contribution in [0, 0.1) is 11.3 Å². The number of carboxylic acids is 1. The van der Waals surface area contributed by atoms with Gasteiger partial charge in [0.05, 0.1) is 17.3 Å². The first-order valence-corrected chi connectivity index (χ1v) is 6.38. The number of benzene rings is 1. The van der Waals surface area contributed by atoms with Gasteiger partial charge < -0.3 is 20.8 Å². The van der Waals surface area contributed by atoms with Crippen LogP contribution >= 0.6 is 15.9 Å². The van der Waals surface area contributed by atoms with E-state index in [4.69, 9.17) is 15.5 Å². The van der Waals surface area contributed by atoms with E-state index < -0.39 is 18.0 Å². The van der Waals surface area contributed by atoms with Crippen molar-refractivity contribution < 1.29 is 19.8 Å². The van der Waals surface area contributed by atoms with Gasteiger partial charge in [0.2, 0.25) is 0 Å². The molecule has 1 aromatic rings. The Kier molecular flexibility index (Phi) is 5.96. The molecule has 4 N–H and O–H groups in total. The predicted octanol–water partition coefficient (Wildman–Crippen LogP) is 1.28. The molecule has 0 aliphatic heterocycles. The summed E-state index contributed by atoms with van der Waals surface area (Å²) >= 11 is 3.19. The van der Waals surface area contributed by atoms with E-state index >= 15 is 0 Å². The number of nitrogens with one attached hydrogen (secondary N) is 2. The van der Waals surface area contributed by atoms with Crippen LogP contribution in [-0.2, 0) is 4.79 Å². The average molecular weight is 342 g/mol. The van der Waals surface area contributed by atoms with Crippen molar-refractivity contribution >= 4 is 33.6 Å². The SMILES string of the molecule is N#Cc1ccc(NC(=O)NC(CCO)C(=O)O)c(Br)c1. The molecule has 0 radical (unpaired) electrons. The Bertz CT molecular complexity index is 556. The first kappa shape index (κ1) is 15.9. The maximum absolute atomic E-state index is 11.7. The van der Waals surface area contributed by atoms with Crippen LogP contribution in [0.1, 0.15) is 12.0 Å². The highest BCUT2D eigenvalue weighted by Crippen LogP contribution is 2.23. The van der Waals surface area contributed by atoms with Crippen molar-refractivity contribution in [3.63, 3.8) is 0 Å². The quantitative estimate of drug-likeness (QED) is 0.642. The van der Waals surface area contributed by atoms with Crippen molar-refractivity contribution in [3.8, 4) is 6.07 Å². The van der Waals surface area contributed by atoms with Gasteiger partial charge in [0.25, 0.3) is 0 Å². The summed E-state index contributed by atoms with van der Waals surface area (Å²) in [6.07, 6.45) is -0.0860. The van der Waals surface area contributed by atoms with Gasteiger partial charge in [-0.05, 0) is 34.1 Å². The molecule has 7 nitrogen and oxygen atoms in total. The first-order valence-electron chi connectivity index (χ1n) is 5.58. The van der Waals surface area contributed by atoms with E-state index in [9.17, 15) is 9.59 Å². The van der Waals surface area contributed by atoms with Crippen LogP contribution < -0.4 is 10.6 Å². The number of carbonyl (C=O) groups excluding carboxylic acids is 1. The summed E-state index contributed by atoms with van der Waals surface area (Å²) < 4.78 is 0.501. The van der Waals surface area contributed by atoms with E-state index in [1.165, 1.54) is 18.2 Å². The van der Waals surface area contributed by atoms with Crippen molar-refractivity contribution in [1.29, 1.82) is 5.26 Å². The third kappa shape index (κ3) is 4.53. The molecule has 0 aliphatic carbocycles. The number of nitrogens with zero attached hydrogens (tertiary/aromatic N) is 1. The monoisotopic (exact) mass is 341 g/mol. The summed E-state index contributed by atoms with van der Waals surface area (Å²) in [6, 6.07) is 4.63. The number of aliphatic carboxylic acids is 1. The predicted molar refractivity (Wildman–Crippen MR) is 74.1 cm³/mol. The Labute approximate surface area is 123 Å². The van der Waals surface area contributed by atoms with Gasteiger partial charge in [-0.15, -0.1) is 0 Å². The van der Waals surface area contributed by atoms with Crippen LogP contribution in [0.25, 0.3) is 0 Å². The standard InChI is InChI=1S/C12H12BrN3O4/c13-8-5-7(6-14)1-2-9(8)15-12(20)16-10(3-4-17)11(18)19/h1-2,5,10,17H,3-4H2,(H,18,19)(H2,15,16,20). The molecule has 1 aromatic carbocycles. The van der Waals surface area contributed by atoms with Crippen LogP contribution in [0.3, 0.4) is 0 Å². The number of hydrogen-bond donors (Lipinski definition) is 4. The maximum atomic E-state index is 11.7. The largest absolute Gasteiger partial charge is 0.480 e. The lowest BCUT2D eigenvalue weighted by atomic mass is 10.2. The Hall–Kier alpha value is -2.11. The minimum absolute atomic E-state index is 0.0860. The molecule has 0 saturated heterocycles. The Morgan fingerprint density at radius 2 is 2.15 bits per heavy atom. The second kappa shape index (κ2) is 7.47. The van der Waals surface area contributed by atoms with E-state index in [0.717, 1.165) is 0 Å². The third-order valence-corrected chi connectivity index (χ3v) is 3.02.